The van der Waals surface area contributed by atoms with Gasteiger partial charge in [-0.1, -0.05) is 54.2 Å². The topological polar surface area (TPSA) is 134 Å². The van der Waals surface area contributed by atoms with E-state index in [9.17, 15) is 25.0 Å². The SMILES string of the molecule is N#CC1=C(SCC(=O)Nc2ccc([N+](=O)[O-])cc2)NC(=O)C[C@@H]1c1ccc(OCc2ccccc2)cc1. The van der Waals surface area contributed by atoms with Crippen molar-refractivity contribution in [1.82, 2.24) is 5.32 Å². The molecule has 10 heteroatoms. The third-order valence-electron chi connectivity index (χ3n) is 5.60. The predicted octanol–water partition coefficient (Wildman–Crippen LogP) is 4.88. The molecule has 0 unspecified atom stereocenters. The Morgan fingerprint density at radius 2 is 1.81 bits per heavy atom. The predicted molar refractivity (Wildman–Crippen MR) is 140 cm³/mol. The Kier molecular flexibility index (Phi) is 8.18. The summed E-state index contributed by atoms with van der Waals surface area (Å²) in [4.78, 5) is 35.1. The summed E-state index contributed by atoms with van der Waals surface area (Å²) in [5.41, 5.74) is 2.55. The number of nitrogens with zero attached hydrogens (tertiary/aromatic N) is 2. The zero-order valence-corrected chi connectivity index (χ0v) is 20.4. The van der Waals surface area contributed by atoms with Crippen LogP contribution < -0.4 is 15.4 Å². The summed E-state index contributed by atoms with van der Waals surface area (Å²) in [6.07, 6.45) is 0.117. The molecule has 0 aromatic heterocycles. The van der Waals surface area contributed by atoms with E-state index in [4.69, 9.17) is 4.74 Å². The van der Waals surface area contributed by atoms with E-state index in [0.717, 1.165) is 22.9 Å². The van der Waals surface area contributed by atoms with Crippen LogP contribution in [0.3, 0.4) is 0 Å². The van der Waals surface area contributed by atoms with Crippen molar-refractivity contribution in [3.05, 3.63) is 111 Å². The van der Waals surface area contributed by atoms with Gasteiger partial charge in [0.25, 0.3) is 5.69 Å². The zero-order valence-electron chi connectivity index (χ0n) is 19.5. The molecule has 3 aromatic carbocycles. The maximum absolute atomic E-state index is 12.4. The molecule has 4 rings (SSSR count). The fourth-order valence-corrected chi connectivity index (χ4v) is 4.63. The van der Waals surface area contributed by atoms with E-state index in [2.05, 4.69) is 16.7 Å². The van der Waals surface area contributed by atoms with Crippen molar-refractivity contribution >= 4 is 35.0 Å². The average Bonchev–Trinajstić information content (AvgIpc) is 2.91. The van der Waals surface area contributed by atoms with Gasteiger partial charge in [-0.15, -0.1) is 0 Å². The zero-order chi connectivity index (χ0) is 26.2. The van der Waals surface area contributed by atoms with E-state index >= 15 is 0 Å². The number of carbonyl (C=O) groups excluding carboxylic acids is 2. The van der Waals surface area contributed by atoms with Crippen molar-refractivity contribution in [2.45, 2.75) is 18.9 Å². The summed E-state index contributed by atoms with van der Waals surface area (Å²) in [7, 11) is 0. The molecular weight excluding hydrogens is 492 g/mol. The van der Waals surface area contributed by atoms with Crippen LogP contribution in [0.1, 0.15) is 23.5 Å². The van der Waals surface area contributed by atoms with Gasteiger partial charge >= 0.3 is 0 Å². The molecular formula is C27H22N4O5S. The highest BCUT2D eigenvalue weighted by molar-refractivity contribution is 8.03. The first kappa shape index (κ1) is 25.5. The molecule has 0 saturated carbocycles. The molecule has 3 aromatic rings. The van der Waals surface area contributed by atoms with Crippen molar-refractivity contribution in [2.24, 2.45) is 0 Å². The highest BCUT2D eigenvalue weighted by Crippen LogP contribution is 2.36. The highest BCUT2D eigenvalue weighted by atomic mass is 32.2. The lowest BCUT2D eigenvalue weighted by molar-refractivity contribution is -0.384. The Morgan fingerprint density at radius 3 is 2.46 bits per heavy atom. The van der Waals surface area contributed by atoms with Gasteiger partial charge in [0.05, 0.1) is 27.3 Å². The Labute approximate surface area is 217 Å². The van der Waals surface area contributed by atoms with Gasteiger partial charge < -0.3 is 15.4 Å². The number of thioether (sulfide) groups is 1. The van der Waals surface area contributed by atoms with Crippen molar-refractivity contribution in [2.75, 3.05) is 11.1 Å². The molecule has 1 aliphatic heterocycles. The summed E-state index contributed by atoms with van der Waals surface area (Å²) in [5.74, 6) is -0.446. The van der Waals surface area contributed by atoms with Crippen LogP contribution in [0.2, 0.25) is 0 Å². The third kappa shape index (κ3) is 6.74. The molecule has 0 saturated heterocycles. The van der Waals surface area contributed by atoms with Crippen molar-refractivity contribution in [3.63, 3.8) is 0 Å². The number of nitro benzene ring substituents is 1. The number of amides is 2. The number of rotatable bonds is 9. The van der Waals surface area contributed by atoms with Crippen LogP contribution >= 0.6 is 11.8 Å². The summed E-state index contributed by atoms with van der Waals surface area (Å²) >= 11 is 1.06. The fraction of sp³-hybridized carbons (Fsp3) is 0.148. The van der Waals surface area contributed by atoms with Gasteiger partial charge in [-0.2, -0.15) is 5.26 Å². The first-order valence-electron chi connectivity index (χ1n) is 11.3. The van der Waals surface area contributed by atoms with Crippen LogP contribution in [-0.4, -0.2) is 22.5 Å². The van der Waals surface area contributed by atoms with Crippen LogP contribution in [0.4, 0.5) is 11.4 Å². The number of carbonyl (C=O) groups is 2. The molecule has 0 aliphatic carbocycles. The van der Waals surface area contributed by atoms with Crippen LogP contribution in [-0.2, 0) is 16.2 Å². The van der Waals surface area contributed by atoms with Crippen LogP contribution in [0.5, 0.6) is 5.75 Å². The normalized spacial score (nSPS) is 14.9. The first-order valence-corrected chi connectivity index (χ1v) is 12.3. The Balaban J connectivity index is 1.41. The van der Waals surface area contributed by atoms with Gasteiger partial charge in [0.1, 0.15) is 12.4 Å². The molecule has 9 nitrogen and oxygen atoms in total. The minimum atomic E-state index is -0.523. The summed E-state index contributed by atoms with van der Waals surface area (Å²) in [5, 5.41) is 26.3. The number of nitro groups is 1. The molecule has 0 fully saturated rings. The standard InChI is InChI=1S/C27H22N4O5S/c28-15-24-23(19-6-12-22(13-7-19)36-16-18-4-2-1-3-5-18)14-25(32)30-27(24)37-17-26(33)29-20-8-10-21(11-9-20)31(34)35/h1-13,23H,14,16-17H2,(H,29,33)(H,30,32)/t23-/m1/s1. The molecule has 1 atom stereocenters. The lowest BCUT2D eigenvalue weighted by Crippen LogP contribution is -2.31. The van der Waals surface area contributed by atoms with Gasteiger partial charge in [0, 0.05) is 30.2 Å². The van der Waals surface area contributed by atoms with Crippen LogP contribution in [0.25, 0.3) is 0 Å². The lowest BCUT2D eigenvalue weighted by atomic mass is 9.87. The van der Waals surface area contributed by atoms with E-state index in [0.29, 0.717) is 28.6 Å². The molecule has 2 amide bonds. The molecule has 0 spiro atoms. The molecule has 1 heterocycles. The molecule has 0 bridgehead atoms. The second-order valence-corrected chi connectivity index (χ2v) is 9.13. The number of nitrogens with one attached hydrogen (secondary N) is 2. The first-order chi connectivity index (χ1) is 17.9. The number of hydrogen-bond donors (Lipinski definition) is 2. The number of allylic oxidation sites excluding steroid dienone is 1. The highest BCUT2D eigenvalue weighted by Gasteiger charge is 2.30. The van der Waals surface area contributed by atoms with E-state index in [-0.39, 0.29) is 29.7 Å². The quantitative estimate of drug-likeness (QED) is 0.307. The lowest BCUT2D eigenvalue weighted by Gasteiger charge is -2.25. The smallest absolute Gasteiger partial charge is 0.269 e. The summed E-state index contributed by atoms with van der Waals surface area (Å²) in [6.45, 7) is 0.429. The van der Waals surface area contributed by atoms with Crippen molar-refractivity contribution in [3.8, 4) is 11.8 Å². The number of ether oxygens (including phenoxy) is 1. The minimum Gasteiger partial charge on any atom is -0.489 e. The van der Waals surface area contributed by atoms with E-state index in [1.807, 2.05) is 54.6 Å². The minimum absolute atomic E-state index is 0.0588. The number of hydrogen-bond acceptors (Lipinski definition) is 7. The summed E-state index contributed by atoms with van der Waals surface area (Å²) in [6, 6.07) is 24.7. The molecule has 0 radical (unpaired) electrons. The van der Waals surface area contributed by atoms with Gasteiger partial charge in [-0.3, -0.25) is 19.7 Å². The van der Waals surface area contributed by atoms with Crippen molar-refractivity contribution in [1.29, 1.82) is 5.26 Å². The Bertz CT molecular complexity index is 1370. The third-order valence-corrected chi connectivity index (χ3v) is 6.61. The molecule has 37 heavy (non-hydrogen) atoms. The van der Waals surface area contributed by atoms with E-state index in [1.54, 1.807) is 0 Å². The Hall–Kier alpha value is -4.62. The number of anilines is 1. The fourth-order valence-electron chi connectivity index (χ4n) is 3.76. The second kappa shape index (κ2) is 11.9. The van der Waals surface area contributed by atoms with Crippen LogP contribution in [0.15, 0.2) is 89.5 Å². The number of non-ortho nitro benzene ring substituents is 1. The number of nitriles is 1. The largest absolute Gasteiger partial charge is 0.489 e. The Morgan fingerprint density at radius 1 is 1.11 bits per heavy atom. The van der Waals surface area contributed by atoms with Gasteiger partial charge in [-0.25, -0.2) is 0 Å². The van der Waals surface area contributed by atoms with Crippen LogP contribution in [0, 0.1) is 21.4 Å². The summed E-state index contributed by atoms with van der Waals surface area (Å²) < 4.78 is 5.82. The maximum Gasteiger partial charge on any atom is 0.269 e. The monoisotopic (exact) mass is 514 g/mol. The van der Waals surface area contributed by atoms with Crippen molar-refractivity contribution < 1.29 is 19.2 Å². The van der Waals surface area contributed by atoms with Gasteiger partial charge in [0.2, 0.25) is 11.8 Å². The van der Waals surface area contributed by atoms with Gasteiger partial charge in [-0.05, 0) is 35.4 Å². The molecule has 2 N–H and O–H groups in total. The maximum atomic E-state index is 12.4. The van der Waals surface area contributed by atoms with Gasteiger partial charge in [0.15, 0.2) is 0 Å². The second-order valence-electron chi connectivity index (χ2n) is 8.14. The van der Waals surface area contributed by atoms with E-state index < -0.39 is 10.8 Å². The van der Waals surface area contributed by atoms with E-state index in [1.165, 1.54) is 24.3 Å². The molecule has 186 valence electrons. The molecule has 1 aliphatic rings. The number of benzene rings is 3. The average molecular weight is 515 g/mol.